The third kappa shape index (κ3) is 3.43. The molecule has 8 heteroatoms. The fourth-order valence-electron chi connectivity index (χ4n) is 6.31. The van der Waals surface area contributed by atoms with Crippen LogP contribution in [0.4, 0.5) is 4.39 Å². The molecule has 4 saturated carbocycles. The van der Waals surface area contributed by atoms with Crippen LogP contribution in [0.1, 0.15) is 49.9 Å². The first-order chi connectivity index (χ1) is 14.0. The number of halogens is 1. The van der Waals surface area contributed by atoms with Gasteiger partial charge in [0.15, 0.2) is 5.82 Å². The van der Waals surface area contributed by atoms with Gasteiger partial charge in [-0.3, -0.25) is 4.79 Å². The first kappa shape index (κ1) is 18.7. The largest absolute Gasteiger partial charge is 0.351 e. The molecule has 0 radical (unpaired) electrons. The molecule has 1 aromatic carbocycles. The van der Waals surface area contributed by atoms with E-state index in [1.165, 1.54) is 12.5 Å². The van der Waals surface area contributed by atoms with Crippen LogP contribution in [0, 0.1) is 24.6 Å². The summed E-state index contributed by atoms with van der Waals surface area (Å²) in [5, 5.41) is 19.4. The number of hydrogen-bond donors (Lipinski definition) is 2. The van der Waals surface area contributed by atoms with Crippen LogP contribution in [-0.4, -0.2) is 38.2 Å². The topological polar surface area (TPSA) is 84.7 Å². The van der Waals surface area contributed by atoms with Crippen LogP contribution < -0.4 is 10.6 Å². The summed E-state index contributed by atoms with van der Waals surface area (Å²) < 4.78 is 13.7. The molecule has 154 valence electrons. The Balaban J connectivity index is 1.25. The van der Waals surface area contributed by atoms with E-state index in [0.717, 1.165) is 32.1 Å². The van der Waals surface area contributed by atoms with Gasteiger partial charge < -0.3 is 10.6 Å². The zero-order valence-electron chi connectivity index (χ0n) is 16.7. The van der Waals surface area contributed by atoms with E-state index in [1.54, 1.807) is 18.2 Å². The number of rotatable bonds is 6. The van der Waals surface area contributed by atoms with Crippen molar-refractivity contribution in [3.8, 4) is 0 Å². The molecule has 2 aromatic rings. The number of nitrogens with one attached hydrogen (secondary N) is 2. The standard InChI is InChI=1S/C21H27FN6O/c1-14-25-27-28(26-14)21-9-15-6-16(10-21)8-20(7-15,13-21)24-12-19(29)23-11-17-4-2-3-5-18(17)22/h2-5,15-16,24H,6-13H2,1H3,(H,23,29)/t15-,16+,20?,21?. The minimum absolute atomic E-state index is 0.0546. The summed E-state index contributed by atoms with van der Waals surface area (Å²) in [4.78, 5) is 14.3. The molecule has 1 amide bonds. The van der Waals surface area contributed by atoms with Gasteiger partial charge in [0.25, 0.3) is 0 Å². The number of carbonyl (C=O) groups is 1. The van der Waals surface area contributed by atoms with Crippen molar-refractivity contribution in [2.75, 3.05) is 6.54 Å². The van der Waals surface area contributed by atoms with Crippen LogP contribution in [0.3, 0.4) is 0 Å². The molecule has 6 rings (SSSR count). The lowest BCUT2D eigenvalue weighted by Crippen LogP contribution is -2.66. The summed E-state index contributed by atoms with van der Waals surface area (Å²) in [6.07, 6.45) is 6.59. The zero-order valence-corrected chi connectivity index (χ0v) is 16.7. The second-order valence-electron chi connectivity index (χ2n) is 9.31. The van der Waals surface area contributed by atoms with Crippen molar-refractivity contribution in [1.29, 1.82) is 0 Å². The Labute approximate surface area is 169 Å². The van der Waals surface area contributed by atoms with Crippen molar-refractivity contribution in [3.05, 3.63) is 41.5 Å². The Morgan fingerprint density at radius 1 is 1.24 bits per heavy atom. The average molecular weight is 398 g/mol. The summed E-state index contributed by atoms with van der Waals surface area (Å²) in [7, 11) is 0. The molecule has 7 nitrogen and oxygen atoms in total. The molecule has 0 spiro atoms. The fourth-order valence-corrected chi connectivity index (χ4v) is 6.31. The van der Waals surface area contributed by atoms with Gasteiger partial charge in [-0.1, -0.05) is 18.2 Å². The van der Waals surface area contributed by atoms with E-state index >= 15 is 0 Å². The van der Waals surface area contributed by atoms with Crippen molar-refractivity contribution in [3.63, 3.8) is 0 Å². The molecule has 1 heterocycles. The molecule has 4 atom stereocenters. The van der Waals surface area contributed by atoms with E-state index in [1.807, 2.05) is 11.7 Å². The third-order valence-corrected chi connectivity index (χ3v) is 7.03. The minimum Gasteiger partial charge on any atom is -0.351 e. The van der Waals surface area contributed by atoms with E-state index in [4.69, 9.17) is 0 Å². The van der Waals surface area contributed by atoms with E-state index in [2.05, 4.69) is 26.0 Å². The molecule has 4 fully saturated rings. The highest BCUT2D eigenvalue weighted by Gasteiger charge is 2.59. The first-order valence-corrected chi connectivity index (χ1v) is 10.5. The van der Waals surface area contributed by atoms with Gasteiger partial charge in [-0.2, -0.15) is 4.80 Å². The van der Waals surface area contributed by atoms with Gasteiger partial charge in [-0.05, 0) is 68.6 Å². The number of hydrogen-bond acceptors (Lipinski definition) is 5. The molecule has 4 aliphatic carbocycles. The summed E-state index contributed by atoms with van der Waals surface area (Å²) in [5.41, 5.74) is 0.366. The van der Waals surface area contributed by atoms with E-state index in [9.17, 15) is 9.18 Å². The maximum Gasteiger partial charge on any atom is 0.234 e. The fraction of sp³-hybridized carbons (Fsp3) is 0.619. The van der Waals surface area contributed by atoms with Gasteiger partial charge >= 0.3 is 0 Å². The lowest BCUT2D eigenvalue weighted by atomic mass is 9.50. The number of amides is 1. The van der Waals surface area contributed by atoms with Gasteiger partial charge in [0.2, 0.25) is 5.91 Å². The van der Waals surface area contributed by atoms with E-state index in [0.29, 0.717) is 23.2 Å². The highest BCUT2D eigenvalue weighted by atomic mass is 19.1. The van der Waals surface area contributed by atoms with Crippen LogP contribution in [0.15, 0.2) is 24.3 Å². The highest BCUT2D eigenvalue weighted by molar-refractivity contribution is 5.78. The van der Waals surface area contributed by atoms with Gasteiger partial charge in [-0.25, -0.2) is 4.39 Å². The number of aryl methyl sites for hydroxylation is 1. The summed E-state index contributed by atoms with van der Waals surface area (Å²) >= 11 is 0. The van der Waals surface area contributed by atoms with Crippen LogP contribution >= 0.6 is 0 Å². The number of carbonyl (C=O) groups excluding carboxylic acids is 1. The lowest BCUT2D eigenvalue weighted by Gasteiger charge is -2.61. The minimum atomic E-state index is -0.292. The lowest BCUT2D eigenvalue weighted by molar-refractivity contribution is -0.123. The van der Waals surface area contributed by atoms with Crippen molar-refractivity contribution < 1.29 is 9.18 Å². The van der Waals surface area contributed by atoms with E-state index < -0.39 is 0 Å². The molecule has 2 N–H and O–H groups in total. The first-order valence-electron chi connectivity index (χ1n) is 10.5. The molecule has 29 heavy (non-hydrogen) atoms. The predicted octanol–water partition coefficient (Wildman–Crippen LogP) is 2.07. The van der Waals surface area contributed by atoms with Gasteiger partial charge in [0.05, 0.1) is 12.1 Å². The number of aromatic nitrogens is 4. The molecule has 2 unspecified atom stereocenters. The Morgan fingerprint density at radius 2 is 2.00 bits per heavy atom. The smallest absolute Gasteiger partial charge is 0.234 e. The second-order valence-corrected chi connectivity index (χ2v) is 9.31. The molecular formula is C21H27FN6O. The normalized spacial score (nSPS) is 32.5. The predicted molar refractivity (Wildman–Crippen MR) is 104 cm³/mol. The highest BCUT2D eigenvalue weighted by Crippen LogP contribution is 2.60. The SMILES string of the molecule is Cc1nnn(C23C[C@@H]4C[C@@H](CC(NCC(=O)NCc5ccccc5F)(C4)C2)C3)n1. The van der Waals surface area contributed by atoms with Crippen molar-refractivity contribution in [2.24, 2.45) is 11.8 Å². The third-order valence-electron chi connectivity index (χ3n) is 7.03. The summed E-state index contributed by atoms with van der Waals surface area (Å²) in [5.74, 6) is 1.58. The monoisotopic (exact) mass is 398 g/mol. The Morgan fingerprint density at radius 3 is 2.69 bits per heavy atom. The maximum atomic E-state index is 13.7. The second kappa shape index (κ2) is 6.86. The molecule has 0 aliphatic heterocycles. The number of tetrazole rings is 1. The van der Waals surface area contributed by atoms with Crippen molar-refractivity contribution >= 4 is 5.91 Å². The Kier molecular flexibility index (Phi) is 4.42. The molecule has 0 saturated heterocycles. The van der Waals surface area contributed by atoms with Crippen LogP contribution in [0.2, 0.25) is 0 Å². The van der Waals surface area contributed by atoms with Gasteiger partial charge in [0.1, 0.15) is 5.82 Å². The summed E-state index contributed by atoms with van der Waals surface area (Å²) in [6, 6.07) is 6.53. The van der Waals surface area contributed by atoms with Gasteiger partial charge in [-0.15, -0.1) is 10.2 Å². The van der Waals surface area contributed by atoms with Crippen molar-refractivity contribution in [2.45, 2.75) is 63.1 Å². The Bertz CT molecular complexity index is 913. The van der Waals surface area contributed by atoms with Crippen LogP contribution in [-0.2, 0) is 16.9 Å². The molecule has 4 aliphatic rings. The molecular weight excluding hydrogens is 371 g/mol. The van der Waals surface area contributed by atoms with Crippen molar-refractivity contribution in [1.82, 2.24) is 30.8 Å². The van der Waals surface area contributed by atoms with Crippen LogP contribution in [0.25, 0.3) is 0 Å². The summed E-state index contributed by atoms with van der Waals surface area (Å²) in [6.45, 7) is 2.32. The quantitative estimate of drug-likeness (QED) is 0.778. The van der Waals surface area contributed by atoms with Crippen LogP contribution in [0.5, 0.6) is 0 Å². The van der Waals surface area contributed by atoms with Gasteiger partial charge in [0, 0.05) is 17.6 Å². The maximum absolute atomic E-state index is 13.7. The average Bonchev–Trinajstić information content (AvgIpc) is 3.12. The van der Waals surface area contributed by atoms with E-state index in [-0.39, 0.29) is 35.9 Å². The zero-order chi connectivity index (χ0) is 20.1. The number of benzene rings is 1. The number of nitrogens with zero attached hydrogens (tertiary/aromatic N) is 4. The molecule has 4 bridgehead atoms. The molecule has 1 aromatic heterocycles. The Hall–Kier alpha value is -2.35.